The molecule has 1 aliphatic heterocycles. The average Bonchev–Trinajstić information content (AvgIpc) is 2.16. The molecule has 1 fully saturated rings. The summed E-state index contributed by atoms with van der Waals surface area (Å²) in [6.45, 7) is 1.78. The predicted octanol–water partition coefficient (Wildman–Crippen LogP) is 1.33. The Kier molecular flexibility index (Phi) is 2.63. The topological polar surface area (TPSA) is 38.3 Å². The van der Waals surface area contributed by atoms with Crippen molar-refractivity contribution in [2.75, 3.05) is 13.2 Å². The molecule has 5 heteroatoms. The largest absolute Gasteiger partial charge is 0.369 e. The van der Waals surface area contributed by atoms with E-state index < -0.39 is 17.2 Å². The van der Waals surface area contributed by atoms with Gasteiger partial charge in [0.15, 0.2) is 0 Å². The predicted molar refractivity (Wildman–Crippen MR) is 52.7 cm³/mol. The highest BCUT2D eigenvalue weighted by atomic mass is 19.1. The number of rotatable bonds is 1. The monoisotopic (exact) mass is 227 g/mol. The van der Waals surface area contributed by atoms with E-state index in [0.29, 0.717) is 0 Å². The van der Waals surface area contributed by atoms with E-state index in [4.69, 9.17) is 4.74 Å². The highest BCUT2D eigenvalue weighted by molar-refractivity contribution is 5.79. The number of hydrogen-bond donors (Lipinski definition) is 1. The summed E-state index contributed by atoms with van der Waals surface area (Å²) in [5.74, 6) is -1.64. The first-order chi connectivity index (χ1) is 7.51. The van der Waals surface area contributed by atoms with Gasteiger partial charge >= 0.3 is 0 Å². The molecule has 0 unspecified atom stereocenters. The molecule has 1 heterocycles. The average molecular weight is 227 g/mol. The lowest BCUT2D eigenvalue weighted by atomic mass is 9.91. The van der Waals surface area contributed by atoms with Gasteiger partial charge in [-0.15, -0.1) is 0 Å². The highest BCUT2D eigenvalue weighted by Crippen LogP contribution is 2.26. The van der Waals surface area contributed by atoms with Gasteiger partial charge in [-0.05, 0) is 13.0 Å². The van der Waals surface area contributed by atoms with Crippen molar-refractivity contribution < 1.29 is 18.3 Å². The molecule has 0 aliphatic carbocycles. The number of morpholine rings is 1. The molecule has 1 saturated heterocycles. The fourth-order valence-corrected chi connectivity index (χ4v) is 1.81. The van der Waals surface area contributed by atoms with Crippen LogP contribution < -0.4 is 5.32 Å². The molecular formula is C11H11F2NO2. The number of ether oxygens (including phenoxy) is 1. The number of hydrogen-bond acceptors (Lipinski definition) is 2. The zero-order chi connectivity index (χ0) is 11.8. The molecule has 1 aliphatic rings. The summed E-state index contributed by atoms with van der Waals surface area (Å²) < 4.78 is 31.4. The Morgan fingerprint density at radius 2 is 2.19 bits per heavy atom. The maximum Gasteiger partial charge on any atom is 0.246 e. The maximum atomic E-state index is 13.6. The Hall–Kier alpha value is -1.49. The van der Waals surface area contributed by atoms with Crippen LogP contribution in [0.4, 0.5) is 8.78 Å². The second-order valence-electron chi connectivity index (χ2n) is 4.00. The molecule has 1 aromatic carbocycles. The number of amides is 1. The van der Waals surface area contributed by atoms with E-state index in [1.165, 1.54) is 6.07 Å². The number of carbonyl (C=O) groups is 1. The normalized spacial score (nSPS) is 25.3. The molecule has 0 aromatic heterocycles. The zero-order valence-corrected chi connectivity index (χ0v) is 8.72. The van der Waals surface area contributed by atoms with Crippen LogP contribution in [0.1, 0.15) is 12.5 Å². The van der Waals surface area contributed by atoms with E-state index in [0.717, 1.165) is 12.1 Å². The SMILES string of the molecule is C[C@]1(c2ccc(F)cc2F)COCC(=O)N1. The molecule has 2 rings (SSSR count). The van der Waals surface area contributed by atoms with Crippen LogP contribution in [0.2, 0.25) is 0 Å². The summed E-state index contributed by atoms with van der Waals surface area (Å²) in [7, 11) is 0. The van der Waals surface area contributed by atoms with Crippen LogP contribution >= 0.6 is 0 Å². The van der Waals surface area contributed by atoms with Crippen LogP contribution in [0.25, 0.3) is 0 Å². The number of benzene rings is 1. The van der Waals surface area contributed by atoms with Gasteiger partial charge in [-0.3, -0.25) is 4.79 Å². The Morgan fingerprint density at radius 1 is 1.44 bits per heavy atom. The van der Waals surface area contributed by atoms with Gasteiger partial charge < -0.3 is 10.1 Å². The van der Waals surface area contributed by atoms with Crippen LogP contribution in [-0.4, -0.2) is 19.1 Å². The van der Waals surface area contributed by atoms with Crippen LogP contribution in [0.3, 0.4) is 0 Å². The lowest BCUT2D eigenvalue weighted by Crippen LogP contribution is -2.53. The van der Waals surface area contributed by atoms with Crippen LogP contribution in [0.15, 0.2) is 18.2 Å². The van der Waals surface area contributed by atoms with Crippen molar-refractivity contribution in [1.82, 2.24) is 5.32 Å². The van der Waals surface area contributed by atoms with E-state index in [9.17, 15) is 13.6 Å². The van der Waals surface area contributed by atoms with Gasteiger partial charge in [0.1, 0.15) is 18.2 Å². The van der Waals surface area contributed by atoms with Crippen molar-refractivity contribution in [3.63, 3.8) is 0 Å². The Labute approximate surface area is 91.4 Å². The number of halogens is 2. The summed E-state index contributed by atoms with van der Waals surface area (Å²) in [5.41, 5.74) is -0.713. The molecule has 0 radical (unpaired) electrons. The van der Waals surface area contributed by atoms with E-state index in [1.54, 1.807) is 6.92 Å². The zero-order valence-electron chi connectivity index (χ0n) is 8.72. The standard InChI is InChI=1S/C11H11F2NO2/c1-11(6-16-5-10(15)14-11)8-3-2-7(12)4-9(8)13/h2-4H,5-6H2,1H3,(H,14,15)/t11-/m1/s1. The molecule has 1 amide bonds. The van der Waals surface area contributed by atoms with Crippen LogP contribution in [-0.2, 0) is 15.1 Å². The number of carbonyl (C=O) groups excluding carboxylic acids is 1. The molecule has 0 spiro atoms. The van der Waals surface area contributed by atoms with Crippen LogP contribution in [0.5, 0.6) is 0 Å². The van der Waals surface area contributed by atoms with Gasteiger partial charge in [0.25, 0.3) is 0 Å². The molecule has 1 aromatic rings. The van der Waals surface area contributed by atoms with Crippen molar-refractivity contribution in [2.45, 2.75) is 12.5 Å². The maximum absolute atomic E-state index is 13.6. The summed E-state index contributed by atoms with van der Waals surface area (Å²) >= 11 is 0. The minimum absolute atomic E-state index is 0.0294. The summed E-state index contributed by atoms with van der Waals surface area (Å²) in [6, 6.07) is 3.27. The van der Waals surface area contributed by atoms with Crippen molar-refractivity contribution in [3.05, 3.63) is 35.4 Å². The van der Waals surface area contributed by atoms with E-state index in [-0.39, 0.29) is 24.7 Å². The first-order valence-corrected chi connectivity index (χ1v) is 4.85. The number of nitrogens with one attached hydrogen (secondary N) is 1. The lowest BCUT2D eigenvalue weighted by molar-refractivity contribution is -0.135. The highest BCUT2D eigenvalue weighted by Gasteiger charge is 2.35. The second-order valence-corrected chi connectivity index (χ2v) is 4.00. The Morgan fingerprint density at radius 3 is 2.81 bits per heavy atom. The van der Waals surface area contributed by atoms with E-state index in [2.05, 4.69) is 5.32 Å². The van der Waals surface area contributed by atoms with Crippen molar-refractivity contribution in [2.24, 2.45) is 0 Å². The Balaban J connectivity index is 2.38. The van der Waals surface area contributed by atoms with Crippen LogP contribution in [0, 0.1) is 11.6 Å². The van der Waals surface area contributed by atoms with Crippen molar-refractivity contribution in [3.8, 4) is 0 Å². The van der Waals surface area contributed by atoms with Crippen molar-refractivity contribution in [1.29, 1.82) is 0 Å². The molecule has 86 valence electrons. The van der Waals surface area contributed by atoms with E-state index in [1.807, 2.05) is 0 Å². The molecule has 0 bridgehead atoms. The third-order valence-electron chi connectivity index (χ3n) is 2.56. The molecule has 1 N–H and O–H groups in total. The fourth-order valence-electron chi connectivity index (χ4n) is 1.81. The third kappa shape index (κ3) is 1.90. The third-order valence-corrected chi connectivity index (χ3v) is 2.56. The summed E-state index contributed by atoms with van der Waals surface area (Å²) in [4.78, 5) is 11.2. The van der Waals surface area contributed by atoms with Crippen molar-refractivity contribution >= 4 is 5.91 Å². The molecular weight excluding hydrogens is 216 g/mol. The minimum Gasteiger partial charge on any atom is -0.369 e. The second kappa shape index (κ2) is 3.83. The van der Waals surface area contributed by atoms with Gasteiger partial charge in [-0.25, -0.2) is 8.78 Å². The molecule has 1 atom stereocenters. The quantitative estimate of drug-likeness (QED) is 0.786. The van der Waals surface area contributed by atoms with Gasteiger partial charge in [-0.2, -0.15) is 0 Å². The fraction of sp³-hybridized carbons (Fsp3) is 0.364. The molecule has 3 nitrogen and oxygen atoms in total. The first-order valence-electron chi connectivity index (χ1n) is 4.85. The lowest BCUT2D eigenvalue weighted by Gasteiger charge is -2.34. The van der Waals surface area contributed by atoms with Gasteiger partial charge in [-0.1, -0.05) is 6.07 Å². The van der Waals surface area contributed by atoms with Gasteiger partial charge in [0.2, 0.25) is 5.91 Å². The smallest absolute Gasteiger partial charge is 0.246 e. The Bertz CT molecular complexity index is 436. The summed E-state index contributed by atoms with van der Waals surface area (Å²) in [5, 5.41) is 2.64. The molecule has 16 heavy (non-hydrogen) atoms. The molecule has 0 saturated carbocycles. The first kappa shape index (κ1) is 11.0. The van der Waals surface area contributed by atoms with E-state index >= 15 is 0 Å². The summed E-state index contributed by atoms with van der Waals surface area (Å²) in [6.07, 6.45) is 0. The van der Waals surface area contributed by atoms with Gasteiger partial charge in [0.05, 0.1) is 12.1 Å². The van der Waals surface area contributed by atoms with Gasteiger partial charge in [0, 0.05) is 11.6 Å². The minimum atomic E-state index is -0.937.